The maximum absolute atomic E-state index is 2.71. The maximum atomic E-state index is 2.71. The molecule has 2 nitrogen and oxygen atoms in total. The van der Waals surface area contributed by atoms with E-state index in [2.05, 4.69) is 91.1 Å². The number of halogens is 1. The smallest absolute Gasteiger partial charge is 0.205 e. The number of pyridine rings is 1. The Morgan fingerprint density at radius 1 is 0.367 bits per heavy atom. The molecule has 3 heteroatoms. The minimum atomic E-state index is 0. The molecule has 0 fully saturated rings. The van der Waals surface area contributed by atoms with Gasteiger partial charge >= 0.3 is 0 Å². The highest BCUT2D eigenvalue weighted by Gasteiger charge is 2.08. The van der Waals surface area contributed by atoms with Crippen molar-refractivity contribution in [1.82, 2.24) is 0 Å². The van der Waals surface area contributed by atoms with E-state index in [0.29, 0.717) is 0 Å². The lowest BCUT2D eigenvalue weighted by molar-refractivity contribution is -0.699. The van der Waals surface area contributed by atoms with E-state index in [1.54, 1.807) is 0 Å². The second-order valence-electron chi connectivity index (χ2n) is 18.6. The Balaban J connectivity index is 0.0000180. The van der Waals surface area contributed by atoms with Crippen molar-refractivity contribution in [3.8, 4) is 0 Å². The maximum Gasteiger partial charge on any atom is 0.205 e. The second-order valence-corrected chi connectivity index (χ2v) is 18.6. The zero-order chi connectivity index (χ0) is 41.9. The standard InChI is InChI=1S/C57H101N2.HI/c1-4-7-10-12-14-16-18-20-22-24-26-28-30-32-34-36-38-41-52-59(53-42-39-37-35-33-31-29-27-25-23-21-19-17-15-13-11-8-5-2)57-49-46-55(47-50-57)45-48-56-44-40-43-54-58(56)51-9-6-3;/h40,43-50,54H,4-39,41-42,51-53H2,1-3H3;1H/q+1;/p-1. The van der Waals surface area contributed by atoms with E-state index in [9.17, 15) is 0 Å². The van der Waals surface area contributed by atoms with E-state index in [1.807, 2.05) is 0 Å². The van der Waals surface area contributed by atoms with Gasteiger partial charge in [-0.3, -0.25) is 0 Å². The van der Waals surface area contributed by atoms with Gasteiger partial charge in [-0.05, 0) is 42.7 Å². The number of hydrogen-bond acceptors (Lipinski definition) is 1. The molecule has 0 saturated carbocycles. The summed E-state index contributed by atoms with van der Waals surface area (Å²) in [6.07, 6.45) is 61.0. The molecule has 2 rings (SSSR count). The third kappa shape index (κ3) is 33.2. The van der Waals surface area contributed by atoms with Crippen LogP contribution in [0.4, 0.5) is 5.69 Å². The zero-order valence-electron chi connectivity index (χ0n) is 40.5. The van der Waals surface area contributed by atoms with E-state index in [1.165, 1.54) is 274 Å². The largest absolute Gasteiger partial charge is 1.00 e. The Morgan fingerprint density at radius 2 is 0.700 bits per heavy atom. The Kier molecular flexibility index (Phi) is 41.8. The van der Waals surface area contributed by atoms with Gasteiger partial charge in [-0.1, -0.05) is 258 Å². The fraction of sp³-hybridized carbons (Fsp3) is 0.772. The molecule has 1 heterocycles. The van der Waals surface area contributed by atoms with Crippen LogP contribution in [0.25, 0.3) is 12.2 Å². The average molecular weight is 941 g/mol. The summed E-state index contributed by atoms with van der Waals surface area (Å²) in [6.45, 7) is 10.4. The third-order valence-electron chi connectivity index (χ3n) is 13.0. The molecule has 0 atom stereocenters. The highest BCUT2D eigenvalue weighted by atomic mass is 127. The molecule has 0 unspecified atom stereocenters. The van der Waals surface area contributed by atoms with E-state index in [0.717, 1.165) is 6.54 Å². The molecule has 1 aromatic carbocycles. The molecule has 2 aromatic rings. The first-order chi connectivity index (χ1) is 29.3. The van der Waals surface area contributed by atoms with Crippen LogP contribution in [0, 0.1) is 0 Å². The van der Waals surface area contributed by atoms with Crippen LogP contribution in [-0.2, 0) is 6.54 Å². The number of nitrogens with zero attached hydrogens (tertiary/aromatic N) is 2. The first-order valence-corrected chi connectivity index (χ1v) is 26.8. The molecule has 0 spiro atoms. The monoisotopic (exact) mass is 941 g/mol. The minimum absolute atomic E-state index is 0. The molecule has 0 bridgehead atoms. The van der Waals surface area contributed by atoms with Gasteiger partial charge in [0.15, 0.2) is 6.20 Å². The molecule has 0 saturated heterocycles. The van der Waals surface area contributed by atoms with Crippen molar-refractivity contribution in [2.45, 2.75) is 271 Å². The van der Waals surface area contributed by atoms with E-state index >= 15 is 0 Å². The van der Waals surface area contributed by atoms with E-state index in [4.69, 9.17) is 0 Å². The first kappa shape index (κ1) is 56.7. The van der Waals surface area contributed by atoms with Crippen LogP contribution in [0.2, 0.25) is 0 Å². The zero-order valence-corrected chi connectivity index (χ0v) is 42.7. The Morgan fingerprint density at radius 3 is 1.05 bits per heavy atom. The molecule has 60 heavy (non-hydrogen) atoms. The molecular formula is C57H101IN2. The number of aryl methyl sites for hydroxylation is 1. The predicted molar refractivity (Wildman–Crippen MR) is 267 cm³/mol. The number of hydrogen-bond donors (Lipinski definition) is 0. The summed E-state index contributed by atoms with van der Waals surface area (Å²) in [5, 5.41) is 0. The highest BCUT2D eigenvalue weighted by molar-refractivity contribution is 5.68. The van der Waals surface area contributed by atoms with Crippen molar-refractivity contribution in [3.63, 3.8) is 0 Å². The van der Waals surface area contributed by atoms with E-state index in [-0.39, 0.29) is 24.0 Å². The Bertz CT molecular complexity index is 1130. The van der Waals surface area contributed by atoms with Crippen LogP contribution in [-0.4, -0.2) is 13.1 Å². The van der Waals surface area contributed by atoms with Gasteiger partial charge in [0.1, 0.15) is 6.54 Å². The lowest BCUT2D eigenvalue weighted by atomic mass is 10.0. The summed E-state index contributed by atoms with van der Waals surface area (Å²) < 4.78 is 2.38. The van der Waals surface area contributed by atoms with Crippen molar-refractivity contribution >= 4 is 17.8 Å². The van der Waals surface area contributed by atoms with Gasteiger partial charge in [-0.2, -0.15) is 4.57 Å². The summed E-state index contributed by atoms with van der Waals surface area (Å²) in [7, 11) is 0. The van der Waals surface area contributed by atoms with Gasteiger partial charge in [0.2, 0.25) is 5.69 Å². The van der Waals surface area contributed by atoms with Crippen LogP contribution in [0.15, 0.2) is 48.7 Å². The normalized spacial score (nSPS) is 11.4. The van der Waals surface area contributed by atoms with Crippen molar-refractivity contribution < 1.29 is 28.5 Å². The summed E-state index contributed by atoms with van der Waals surface area (Å²) in [4.78, 5) is 2.71. The van der Waals surface area contributed by atoms with Crippen LogP contribution >= 0.6 is 0 Å². The first-order valence-electron chi connectivity index (χ1n) is 26.8. The topological polar surface area (TPSA) is 7.12 Å². The second kappa shape index (κ2) is 44.3. The average Bonchev–Trinajstić information content (AvgIpc) is 3.26. The van der Waals surface area contributed by atoms with E-state index < -0.39 is 0 Å². The SMILES string of the molecule is CCCCCCCCCCCCCCCCCCCCN(CCCCCCCCCCCCCCCCCCCC)c1ccc(C=Cc2cccc[n+]2CCCC)cc1.[I-]. The van der Waals surface area contributed by atoms with Gasteiger partial charge in [0, 0.05) is 43.4 Å². The number of aromatic nitrogens is 1. The van der Waals surface area contributed by atoms with Crippen molar-refractivity contribution in [1.29, 1.82) is 0 Å². The van der Waals surface area contributed by atoms with Crippen LogP contribution < -0.4 is 33.4 Å². The highest BCUT2D eigenvalue weighted by Crippen LogP contribution is 2.21. The third-order valence-corrected chi connectivity index (χ3v) is 13.0. The van der Waals surface area contributed by atoms with Gasteiger partial charge in [0.05, 0.1) is 0 Å². The molecule has 346 valence electrons. The summed E-state index contributed by atoms with van der Waals surface area (Å²) in [5.74, 6) is 0. The Labute approximate surface area is 393 Å². The number of rotatable bonds is 44. The summed E-state index contributed by atoms with van der Waals surface area (Å²) in [5.41, 5.74) is 3.99. The van der Waals surface area contributed by atoms with Crippen molar-refractivity contribution in [2.24, 2.45) is 0 Å². The van der Waals surface area contributed by atoms with Crippen molar-refractivity contribution in [3.05, 3.63) is 59.9 Å². The fourth-order valence-electron chi connectivity index (χ4n) is 8.93. The van der Waals surface area contributed by atoms with Gasteiger partial charge in [-0.15, -0.1) is 0 Å². The number of anilines is 1. The molecule has 0 N–H and O–H groups in total. The molecular weight excluding hydrogens is 840 g/mol. The fourth-order valence-corrected chi connectivity index (χ4v) is 8.93. The quantitative estimate of drug-likeness (QED) is 0.0365. The predicted octanol–water partition coefficient (Wildman–Crippen LogP) is 15.8. The van der Waals surface area contributed by atoms with Crippen molar-refractivity contribution in [2.75, 3.05) is 18.0 Å². The molecule has 0 aliphatic heterocycles. The molecule has 0 aliphatic rings. The minimum Gasteiger partial charge on any atom is -1.00 e. The summed E-state index contributed by atoms with van der Waals surface area (Å²) in [6, 6.07) is 16.0. The van der Waals surface area contributed by atoms with Gasteiger partial charge in [0.25, 0.3) is 0 Å². The van der Waals surface area contributed by atoms with Crippen LogP contribution in [0.5, 0.6) is 0 Å². The summed E-state index contributed by atoms with van der Waals surface area (Å²) >= 11 is 0. The Hall–Kier alpha value is -1.36. The van der Waals surface area contributed by atoms with Crippen LogP contribution in [0.1, 0.15) is 276 Å². The van der Waals surface area contributed by atoms with Gasteiger partial charge in [-0.25, -0.2) is 0 Å². The molecule has 0 radical (unpaired) electrons. The lowest BCUT2D eigenvalue weighted by Crippen LogP contribution is -3.00. The van der Waals surface area contributed by atoms with Crippen LogP contribution in [0.3, 0.4) is 0 Å². The number of benzene rings is 1. The lowest BCUT2D eigenvalue weighted by Gasteiger charge is -2.25. The molecule has 0 amide bonds. The number of unbranched alkanes of at least 4 members (excludes halogenated alkanes) is 35. The molecule has 0 aliphatic carbocycles. The molecule has 1 aromatic heterocycles. The van der Waals surface area contributed by atoms with Gasteiger partial charge < -0.3 is 28.9 Å².